The molecular formula is C30H34N6O4. The quantitative estimate of drug-likeness (QED) is 0.490. The molecule has 1 aromatic heterocycles. The van der Waals surface area contributed by atoms with Gasteiger partial charge in [0.25, 0.3) is 11.5 Å². The molecule has 40 heavy (non-hydrogen) atoms. The van der Waals surface area contributed by atoms with E-state index in [9.17, 15) is 19.2 Å². The van der Waals surface area contributed by atoms with Crippen LogP contribution >= 0.6 is 0 Å². The van der Waals surface area contributed by atoms with E-state index in [2.05, 4.69) is 16.7 Å². The second-order valence-corrected chi connectivity index (χ2v) is 11.2. The minimum absolute atomic E-state index is 0.129. The van der Waals surface area contributed by atoms with Gasteiger partial charge in [-0.1, -0.05) is 0 Å². The van der Waals surface area contributed by atoms with Crippen molar-refractivity contribution >= 4 is 28.5 Å². The second kappa shape index (κ2) is 11.0. The van der Waals surface area contributed by atoms with Gasteiger partial charge in [0.1, 0.15) is 0 Å². The number of nitrogens with zero attached hydrogens (tertiary/aromatic N) is 4. The molecule has 2 fully saturated rings. The van der Waals surface area contributed by atoms with Crippen molar-refractivity contribution in [1.82, 2.24) is 19.4 Å². The molecule has 10 nitrogen and oxygen atoms in total. The number of rotatable bonds is 6. The molecule has 2 N–H and O–H groups in total. The van der Waals surface area contributed by atoms with Crippen molar-refractivity contribution in [1.29, 1.82) is 5.26 Å². The Kier molecular flexibility index (Phi) is 7.48. The highest BCUT2D eigenvalue weighted by Crippen LogP contribution is 2.30. The largest absolute Gasteiger partial charge is 0.348 e. The highest BCUT2D eigenvalue weighted by atomic mass is 16.2. The summed E-state index contributed by atoms with van der Waals surface area (Å²) in [7, 11) is 0. The van der Waals surface area contributed by atoms with E-state index >= 15 is 0 Å². The summed E-state index contributed by atoms with van der Waals surface area (Å²) in [5, 5.41) is 15.4. The highest BCUT2D eigenvalue weighted by Gasteiger charge is 2.27. The van der Waals surface area contributed by atoms with Crippen molar-refractivity contribution in [3.8, 4) is 6.07 Å². The average molecular weight is 543 g/mol. The molecule has 208 valence electrons. The molecule has 3 amide bonds. The van der Waals surface area contributed by atoms with E-state index in [4.69, 9.17) is 5.26 Å². The molecule has 0 bridgehead atoms. The Hall–Kier alpha value is -4.39. The van der Waals surface area contributed by atoms with Crippen LogP contribution in [0.25, 0.3) is 10.9 Å². The van der Waals surface area contributed by atoms with Gasteiger partial charge in [-0.15, -0.1) is 0 Å². The lowest BCUT2D eigenvalue weighted by molar-refractivity contribution is 0.0913. The first-order valence-corrected chi connectivity index (χ1v) is 13.8. The fourth-order valence-electron chi connectivity index (χ4n) is 5.36. The lowest BCUT2D eigenvalue weighted by atomic mass is 10.0. The van der Waals surface area contributed by atoms with Gasteiger partial charge in [-0.3, -0.25) is 18.7 Å². The molecule has 2 aliphatic rings. The monoisotopic (exact) mass is 542 g/mol. The molecule has 0 unspecified atom stereocenters. The number of carbonyl (C=O) groups excluding carboxylic acids is 2. The first-order valence-electron chi connectivity index (χ1n) is 13.8. The van der Waals surface area contributed by atoms with Crippen molar-refractivity contribution in [3.05, 3.63) is 73.9 Å². The number of carbonyl (C=O) groups is 2. The van der Waals surface area contributed by atoms with Crippen molar-refractivity contribution in [2.75, 3.05) is 18.4 Å². The highest BCUT2D eigenvalue weighted by molar-refractivity contribution is 5.95. The normalized spacial score (nSPS) is 17.1. The van der Waals surface area contributed by atoms with Crippen LogP contribution in [0.3, 0.4) is 0 Å². The molecule has 10 heteroatoms. The zero-order valence-corrected chi connectivity index (χ0v) is 23.1. The van der Waals surface area contributed by atoms with Gasteiger partial charge >= 0.3 is 11.7 Å². The van der Waals surface area contributed by atoms with Gasteiger partial charge in [0.15, 0.2) is 0 Å². The summed E-state index contributed by atoms with van der Waals surface area (Å²) in [6.07, 6.45) is 3.52. The fourth-order valence-corrected chi connectivity index (χ4v) is 5.36. The molecule has 1 saturated heterocycles. The van der Waals surface area contributed by atoms with E-state index in [0.29, 0.717) is 53.3 Å². The maximum atomic E-state index is 13.3. The van der Waals surface area contributed by atoms with Crippen LogP contribution in [-0.4, -0.2) is 45.1 Å². The molecular weight excluding hydrogens is 508 g/mol. The molecule has 0 radical (unpaired) electrons. The Morgan fingerprint density at radius 1 is 1.10 bits per heavy atom. The number of aryl methyl sites for hydroxylation is 1. The molecule has 0 spiro atoms. The maximum Gasteiger partial charge on any atom is 0.331 e. The third-order valence-electron chi connectivity index (χ3n) is 7.73. The van der Waals surface area contributed by atoms with Crippen molar-refractivity contribution in [2.45, 2.75) is 65.1 Å². The van der Waals surface area contributed by atoms with E-state index in [1.165, 1.54) is 4.57 Å². The van der Waals surface area contributed by atoms with Crippen LogP contribution < -0.4 is 21.9 Å². The number of urea groups is 1. The van der Waals surface area contributed by atoms with Crippen LogP contribution in [0.4, 0.5) is 10.5 Å². The Morgan fingerprint density at radius 2 is 1.88 bits per heavy atom. The number of piperidine rings is 1. The van der Waals surface area contributed by atoms with Crippen LogP contribution in [0.2, 0.25) is 0 Å². The third kappa shape index (κ3) is 5.50. The van der Waals surface area contributed by atoms with Crippen LogP contribution in [0.1, 0.15) is 67.1 Å². The Labute approximate surface area is 232 Å². The van der Waals surface area contributed by atoms with Gasteiger partial charge in [0.05, 0.1) is 22.5 Å². The van der Waals surface area contributed by atoms with Gasteiger partial charge in [0.2, 0.25) is 0 Å². The summed E-state index contributed by atoms with van der Waals surface area (Å²) in [5.74, 6) is 0.118. The summed E-state index contributed by atoms with van der Waals surface area (Å²) in [6, 6.07) is 11.5. The Balaban J connectivity index is 1.31. The van der Waals surface area contributed by atoms with Crippen LogP contribution in [0, 0.1) is 24.2 Å². The van der Waals surface area contributed by atoms with Crippen LogP contribution in [-0.2, 0) is 6.54 Å². The fraction of sp³-hybridized carbons (Fsp3) is 0.433. The number of hydrogen-bond acceptors (Lipinski definition) is 5. The SMILES string of the molecule is Cc1cc(C(=O)N[C@@H]2CCCN(C(=O)Nc3ccc4c(c3)c(=O)n(CC3CC3)c(=O)n4C(C)C)C2)ccc1C#N. The van der Waals surface area contributed by atoms with E-state index < -0.39 is 0 Å². The molecule has 1 saturated carbocycles. The number of fused-ring (bicyclic) bond motifs is 1. The molecule has 1 aliphatic carbocycles. The topological polar surface area (TPSA) is 129 Å². The lowest BCUT2D eigenvalue weighted by Crippen LogP contribution is -2.50. The molecule has 2 heterocycles. The molecule has 3 aromatic rings. The summed E-state index contributed by atoms with van der Waals surface area (Å²) < 4.78 is 2.97. The van der Waals surface area contributed by atoms with Crippen molar-refractivity contribution < 1.29 is 9.59 Å². The Bertz CT molecular complexity index is 1640. The zero-order chi connectivity index (χ0) is 28.6. The lowest BCUT2D eigenvalue weighted by Gasteiger charge is -2.33. The average Bonchev–Trinajstić information content (AvgIpc) is 3.75. The smallest absolute Gasteiger partial charge is 0.331 e. The predicted octanol–water partition coefficient (Wildman–Crippen LogP) is 3.76. The van der Waals surface area contributed by atoms with Crippen molar-refractivity contribution in [3.63, 3.8) is 0 Å². The molecule has 5 rings (SSSR count). The van der Waals surface area contributed by atoms with E-state index in [0.717, 1.165) is 31.2 Å². The van der Waals surface area contributed by atoms with E-state index in [1.807, 2.05) is 13.8 Å². The zero-order valence-electron chi connectivity index (χ0n) is 23.1. The first kappa shape index (κ1) is 27.2. The number of anilines is 1. The number of amides is 3. The summed E-state index contributed by atoms with van der Waals surface area (Å²) >= 11 is 0. The Morgan fingerprint density at radius 3 is 2.55 bits per heavy atom. The summed E-state index contributed by atoms with van der Waals surface area (Å²) in [6.45, 7) is 6.93. The minimum atomic E-state index is -0.335. The number of likely N-dealkylation sites (tertiary alicyclic amines) is 1. The van der Waals surface area contributed by atoms with Crippen LogP contribution in [0.15, 0.2) is 46.0 Å². The van der Waals surface area contributed by atoms with Gasteiger partial charge in [0, 0.05) is 43.0 Å². The molecule has 1 aliphatic heterocycles. The van der Waals surface area contributed by atoms with Gasteiger partial charge < -0.3 is 15.5 Å². The molecule has 2 aromatic carbocycles. The standard InChI is InChI=1S/C30H34N6O4/c1-18(2)36-26-11-10-23(14-25(26)28(38)35(30(36)40)16-20-6-7-20)33-29(39)34-12-4-5-24(17-34)32-27(37)21-8-9-22(15-31)19(3)13-21/h8-11,13-14,18,20,24H,4-7,12,16-17H2,1-3H3,(H,32,37)(H,33,39)/t24-/m1/s1. The second-order valence-electron chi connectivity index (χ2n) is 11.2. The van der Waals surface area contributed by atoms with E-state index in [1.54, 1.807) is 52.8 Å². The summed E-state index contributed by atoms with van der Waals surface area (Å²) in [4.78, 5) is 54.1. The van der Waals surface area contributed by atoms with E-state index in [-0.39, 0.29) is 35.3 Å². The number of nitrogens with one attached hydrogen (secondary N) is 2. The third-order valence-corrected chi connectivity index (χ3v) is 7.73. The number of aromatic nitrogens is 2. The molecule has 1 atom stereocenters. The van der Waals surface area contributed by atoms with Gasteiger partial charge in [-0.2, -0.15) is 5.26 Å². The summed E-state index contributed by atoms with van der Waals surface area (Å²) in [5.41, 5.74) is 2.13. The minimum Gasteiger partial charge on any atom is -0.348 e. The van der Waals surface area contributed by atoms with Gasteiger partial charge in [-0.25, -0.2) is 9.59 Å². The van der Waals surface area contributed by atoms with Crippen molar-refractivity contribution in [2.24, 2.45) is 5.92 Å². The number of nitriles is 1. The predicted molar refractivity (Wildman–Crippen MR) is 153 cm³/mol. The van der Waals surface area contributed by atoms with Crippen LogP contribution in [0.5, 0.6) is 0 Å². The number of hydrogen-bond donors (Lipinski definition) is 2. The first-order chi connectivity index (χ1) is 19.2. The number of benzene rings is 2. The maximum absolute atomic E-state index is 13.3. The van der Waals surface area contributed by atoms with Gasteiger partial charge in [-0.05, 0) is 94.3 Å².